The van der Waals surface area contributed by atoms with Crippen LogP contribution in [0.3, 0.4) is 0 Å². The van der Waals surface area contributed by atoms with Crippen molar-refractivity contribution in [3.8, 4) is 5.75 Å². The van der Waals surface area contributed by atoms with E-state index in [0.717, 1.165) is 31.7 Å². The number of benzene rings is 1. The van der Waals surface area contributed by atoms with Crippen LogP contribution in [0.2, 0.25) is 0 Å². The van der Waals surface area contributed by atoms with Gasteiger partial charge in [0.25, 0.3) is 0 Å². The number of nitrogens with one attached hydrogen (secondary N) is 1. The van der Waals surface area contributed by atoms with E-state index < -0.39 is 6.61 Å². The fourth-order valence-corrected chi connectivity index (χ4v) is 1.69. The number of rotatable bonds is 9. The second-order valence-corrected chi connectivity index (χ2v) is 4.17. The van der Waals surface area contributed by atoms with Gasteiger partial charge >= 0.3 is 6.61 Å². The molecule has 0 aromatic heterocycles. The Labute approximate surface area is 112 Å². The maximum absolute atomic E-state index is 12.0. The molecule has 0 amide bonds. The van der Waals surface area contributed by atoms with Crippen LogP contribution < -0.4 is 10.1 Å². The van der Waals surface area contributed by atoms with Gasteiger partial charge in [0.1, 0.15) is 5.75 Å². The van der Waals surface area contributed by atoms with Crippen molar-refractivity contribution in [2.24, 2.45) is 0 Å². The molecule has 0 aliphatic heterocycles. The Hall–Kier alpha value is -1.20. The first-order chi connectivity index (χ1) is 9.13. The maximum atomic E-state index is 12.0. The minimum absolute atomic E-state index is 0.169. The van der Waals surface area contributed by atoms with Crippen molar-refractivity contribution in [1.29, 1.82) is 0 Å². The van der Waals surface area contributed by atoms with E-state index in [9.17, 15) is 8.78 Å². The van der Waals surface area contributed by atoms with Gasteiger partial charge in [-0.1, -0.05) is 12.1 Å². The smallest absolute Gasteiger partial charge is 0.387 e. The molecule has 1 atom stereocenters. The molecule has 0 spiro atoms. The van der Waals surface area contributed by atoms with Crippen LogP contribution in [0.15, 0.2) is 24.3 Å². The second kappa shape index (κ2) is 8.82. The standard InChI is InChI=1S/C14H21F2NO2/c1-3-18-10-4-9-17-11(2)12-5-7-13(8-6-12)19-14(15)16/h5-8,11,14,17H,3-4,9-10H2,1-2H3. The Morgan fingerprint density at radius 3 is 2.47 bits per heavy atom. The first-order valence-corrected chi connectivity index (χ1v) is 6.49. The highest BCUT2D eigenvalue weighted by Gasteiger charge is 2.07. The molecule has 1 N–H and O–H groups in total. The molecule has 1 unspecified atom stereocenters. The van der Waals surface area contributed by atoms with Crippen molar-refractivity contribution in [2.75, 3.05) is 19.8 Å². The predicted octanol–water partition coefficient (Wildman–Crippen LogP) is 3.37. The SMILES string of the molecule is CCOCCCNC(C)c1ccc(OC(F)F)cc1. The minimum Gasteiger partial charge on any atom is -0.435 e. The van der Waals surface area contributed by atoms with E-state index >= 15 is 0 Å². The van der Waals surface area contributed by atoms with Gasteiger partial charge in [0.2, 0.25) is 0 Å². The van der Waals surface area contributed by atoms with Gasteiger partial charge in [-0.05, 0) is 44.5 Å². The van der Waals surface area contributed by atoms with E-state index in [0.29, 0.717) is 0 Å². The van der Waals surface area contributed by atoms with Crippen molar-refractivity contribution in [3.63, 3.8) is 0 Å². The van der Waals surface area contributed by atoms with Crippen LogP contribution in [0.4, 0.5) is 8.78 Å². The van der Waals surface area contributed by atoms with E-state index in [4.69, 9.17) is 4.74 Å². The number of hydrogen-bond donors (Lipinski definition) is 1. The second-order valence-electron chi connectivity index (χ2n) is 4.17. The topological polar surface area (TPSA) is 30.5 Å². The Bertz CT molecular complexity index is 344. The zero-order valence-corrected chi connectivity index (χ0v) is 11.4. The van der Waals surface area contributed by atoms with Gasteiger partial charge in [0.15, 0.2) is 0 Å². The van der Waals surface area contributed by atoms with E-state index in [1.165, 1.54) is 0 Å². The number of halogens is 2. The van der Waals surface area contributed by atoms with Crippen LogP contribution in [0.25, 0.3) is 0 Å². The molecule has 0 saturated carbocycles. The zero-order chi connectivity index (χ0) is 14.1. The maximum Gasteiger partial charge on any atom is 0.387 e. The molecular formula is C14H21F2NO2. The Morgan fingerprint density at radius 1 is 1.21 bits per heavy atom. The molecule has 0 fully saturated rings. The molecule has 3 nitrogen and oxygen atoms in total. The van der Waals surface area contributed by atoms with Gasteiger partial charge in [-0.25, -0.2) is 0 Å². The van der Waals surface area contributed by atoms with E-state index in [1.54, 1.807) is 24.3 Å². The van der Waals surface area contributed by atoms with Gasteiger partial charge in [-0.3, -0.25) is 0 Å². The molecule has 1 aromatic rings. The normalized spacial score (nSPS) is 12.7. The highest BCUT2D eigenvalue weighted by Crippen LogP contribution is 2.18. The van der Waals surface area contributed by atoms with Crippen LogP contribution in [0.5, 0.6) is 5.75 Å². The van der Waals surface area contributed by atoms with Crippen molar-refractivity contribution in [2.45, 2.75) is 32.9 Å². The van der Waals surface area contributed by atoms with Gasteiger partial charge in [-0.2, -0.15) is 8.78 Å². The van der Waals surface area contributed by atoms with Crippen LogP contribution in [-0.4, -0.2) is 26.4 Å². The first-order valence-electron chi connectivity index (χ1n) is 6.49. The molecule has 0 aliphatic rings. The third-order valence-corrected chi connectivity index (χ3v) is 2.73. The summed E-state index contributed by atoms with van der Waals surface area (Å²) < 4.78 is 33.6. The summed E-state index contributed by atoms with van der Waals surface area (Å²) in [6.45, 7) is 3.57. The number of ether oxygens (including phenoxy) is 2. The Kier molecular flexibility index (Phi) is 7.36. The lowest BCUT2D eigenvalue weighted by Gasteiger charge is -2.14. The summed E-state index contributed by atoms with van der Waals surface area (Å²) in [5.74, 6) is 0.183. The molecule has 19 heavy (non-hydrogen) atoms. The van der Waals surface area contributed by atoms with E-state index in [1.807, 2.05) is 13.8 Å². The summed E-state index contributed by atoms with van der Waals surface area (Å²) in [4.78, 5) is 0. The lowest BCUT2D eigenvalue weighted by Crippen LogP contribution is -2.21. The number of alkyl halides is 2. The average molecular weight is 273 g/mol. The molecule has 0 bridgehead atoms. The van der Waals surface area contributed by atoms with Gasteiger partial charge in [0, 0.05) is 19.3 Å². The van der Waals surface area contributed by atoms with Crippen LogP contribution in [0, 0.1) is 0 Å². The molecule has 0 radical (unpaired) electrons. The van der Waals surface area contributed by atoms with Crippen LogP contribution >= 0.6 is 0 Å². The van der Waals surface area contributed by atoms with Crippen LogP contribution in [-0.2, 0) is 4.74 Å². The molecular weight excluding hydrogens is 252 g/mol. The third-order valence-electron chi connectivity index (χ3n) is 2.73. The first kappa shape index (κ1) is 15.9. The summed E-state index contributed by atoms with van der Waals surface area (Å²) in [5.41, 5.74) is 1.04. The third kappa shape index (κ3) is 6.50. The monoisotopic (exact) mass is 273 g/mol. The largest absolute Gasteiger partial charge is 0.435 e. The van der Waals surface area contributed by atoms with E-state index in [2.05, 4.69) is 10.1 Å². The molecule has 108 valence electrons. The van der Waals surface area contributed by atoms with Crippen molar-refractivity contribution in [3.05, 3.63) is 29.8 Å². The Balaban J connectivity index is 2.33. The van der Waals surface area contributed by atoms with Crippen molar-refractivity contribution in [1.82, 2.24) is 5.32 Å². The molecule has 0 aliphatic carbocycles. The molecule has 1 aromatic carbocycles. The molecule has 1 rings (SSSR count). The average Bonchev–Trinajstić information content (AvgIpc) is 2.38. The van der Waals surface area contributed by atoms with Crippen LogP contribution in [0.1, 0.15) is 31.9 Å². The lowest BCUT2D eigenvalue weighted by molar-refractivity contribution is -0.0498. The summed E-state index contributed by atoms with van der Waals surface area (Å²) in [6.07, 6.45) is 0.949. The molecule has 0 saturated heterocycles. The summed E-state index contributed by atoms with van der Waals surface area (Å²) >= 11 is 0. The zero-order valence-electron chi connectivity index (χ0n) is 11.4. The van der Waals surface area contributed by atoms with Gasteiger partial charge in [-0.15, -0.1) is 0 Å². The fraction of sp³-hybridized carbons (Fsp3) is 0.571. The highest BCUT2D eigenvalue weighted by atomic mass is 19.3. The summed E-state index contributed by atoms with van der Waals surface area (Å²) in [7, 11) is 0. The predicted molar refractivity (Wildman–Crippen MR) is 70.6 cm³/mol. The van der Waals surface area contributed by atoms with E-state index in [-0.39, 0.29) is 11.8 Å². The molecule has 5 heteroatoms. The lowest BCUT2D eigenvalue weighted by atomic mass is 10.1. The summed E-state index contributed by atoms with van der Waals surface area (Å²) in [5, 5.41) is 3.35. The van der Waals surface area contributed by atoms with Gasteiger partial charge < -0.3 is 14.8 Å². The van der Waals surface area contributed by atoms with Gasteiger partial charge in [0.05, 0.1) is 0 Å². The summed E-state index contributed by atoms with van der Waals surface area (Å²) in [6, 6.07) is 6.86. The fourth-order valence-electron chi connectivity index (χ4n) is 1.69. The van der Waals surface area contributed by atoms with Crippen molar-refractivity contribution < 1.29 is 18.3 Å². The van der Waals surface area contributed by atoms with Crippen molar-refractivity contribution >= 4 is 0 Å². The minimum atomic E-state index is -2.78. The number of hydrogen-bond acceptors (Lipinski definition) is 3. The quantitative estimate of drug-likeness (QED) is 0.700. The highest BCUT2D eigenvalue weighted by molar-refractivity contribution is 5.28. The molecule has 0 heterocycles. The Morgan fingerprint density at radius 2 is 1.89 bits per heavy atom.